The first-order valence-electron chi connectivity index (χ1n) is 6.67. The number of hydrogen-bond donors (Lipinski definition) is 1. The first kappa shape index (κ1) is 14.8. The first-order valence-corrected chi connectivity index (χ1v) is 7.07. The largest absolute Gasteiger partial charge is 0.270 e. The molecule has 0 atom stereocenters. The second kappa shape index (κ2) is 6.32. The number of H-pyrrole nitrogens is 1. The van der Waals surface area contributed by atoms with Crippen LogP contribution in [-0.4, -0.2) is 26.0 Å². The van der Waals surface area contributed by atoms with Crippen molar-refractivity contribution in [2.45, 2.75) is 0 Å². The smallest absolute Gasteiger partial charge is 0.258 e. The van der Waals surface area contributed by atoms with Gasteiger partial charge in [-0.15, -0.1) is 0 Å². The van der Waals surface area contributed by atoms with E-state index in [1.165, 1.54) is 23.0 Å². The lowest BCUT2D eigenvalue weighted by Gasteiger charge is -2.00. The third-order valence-electron chi connectivity index (χ3n) is 3.09. The van der Waals surface area contributed by atoms with E-state index in [9.17, 15) is 10.1 Å². The second-order valence-corrected chi connectivity index (χ2v) is 5.01. The van der Waals surface area contributed by atoms with E-state index in [0.717, 1.165) is 5.56 Å². The highest BCUT2D eigenvalue weighted by Crippen LogP contribution is 2.17. The van der Waals surface area contributed by atoms with Crippen LogP contribution in [0.5, 0.6) is 0 Å². The second-order valence-electron chi connectivity index (χ2n) is 4.63. The number of nitrogens with zero attached hydrogens (tertiary/aromatic N) is 4. The molecule has 0 amide bonds. The Hall–Kier alpha value is -3.13. The number of benzene rings is 2. The van der Waals surface area contributed by atoms with Gasteiger partial charge in [-0.1, -0.05) is 42.5 Å². The van der Waals surface area contributed by atoms with E-state index in [0.29, 0.717) is 16.2 Å². The minimum Gasteiger partial charge on any atom is -0.258 e. The highest BCUT2D eigenvalue weighted by Gasteiger charge is 2.08. The molecule has 1 N–H and O–H groups in total. The standard InChI is InChI=1S/C15H11N5O2S/c21-20(22)13-8-4-5-11(9-13)10-16-19-14(17-18-15(19)23)12-6-2-1-3-7-12/h1-10H,(H,18,23)/b16-10+. The number of hydrogen-bond acceptors (Lipinski definition) is 5. The summed E-state index contributed by atoms with van der Waals surface area (Å²) < 4.78 is 1.81. The minimum absolute atomic E-state index is 0.00743. The fourth-order valence-electron chi connectivity index (χ4n) is 2.02. The van der Waals surface area contributed by atoms with Crippen molar-refractivity contribution < 1.29 is 4.92 Å². The Bertz CT molecular complexity index is 930. The van der Waals surface area contributed by atoms with E-state index in [2.05, 4.69) is 15.3 Å². The summed E-state index contributed by atoms with van der Waals surface area (Å²) in [5.74, 6) is 0.567. The summed E-state index contributed by atoms with van der Waals surface area (Å²) in [6.45, 7) is 0. The van der Waals surface area contributed by atoms with Crippen molar-refractivity contribution >= 4 is 24.1 Å². The molecule has 1 heterocycles. The average molecular weight is 325 g/mol. The monoisotopic (exact) mass is 325 g/mol. The lowest BCUT2D eigenvalue weighted by atomic mass is 10.2. The van der Waals surface area contributed by atoms with E-state index in [1.807, 2.05) is 30.3 Å². The number of nitro benzene ring substituents is 1. The quantitative estimate of drug-likeness (QED) is 0.344. The van der Waals surface area contributed by atoms with Gasteiger partial charge in [-0.3, -0.25) is 10.1 Å². The molecule has 0 saturated carbocycles. The van der Waals surface area contributed by atoms with E-state index >= 15 is 0 Å². The third kappa shape index (κ3) is 3.22. The van der Waals surface area contributed by atoms with Gasteiger partial charge in [0.05, 0.1) is 11.1 Å². The maximum absolute atomic E-state index is 10.8. The van der Waals surface area contributed by atoms with Crippen molar-refractivity contribution in [1.82, 2.24) is 14.9 Å². The van der Waals surface area contributed by atoms with Gasteiger partial charge in [0.25, 0.3) is 5.69 Å². The molecule has 0 saturated heterocycles. The Kier molecular flexibility index (Phi) is 4.07. The Balaban J connectivity index is 1.98. The van der Waals surface area contributed by atoms with Crippen molar-refractivity contribution in [3.63, 3.8) is 0 Å². The van der Waals surface area contributed by atoms with E-state index in [-0.39, 0.29) is 5.69 Å². The van der Waals surface area contributed by atoms with E-state index in [4.69, 9.17) is 12.2 Å². The van der Waals surface area contributed by atoms with Gasteiger partial charge in [-0.2, -0.15) is 14.9 Å². The van der Waals surface area contributed by atoms with Crippen molar-refractivity contribution in [2.24, 2.45) is 5.10 Å². The topological polar surface area (TPSA) is 89.1 Å². The highest BCUT2D eigenvalue weighted by molar-refractivity contribution is 7.71. The normalized spacial score (nSPS) is 11.0. The molecule has 0 aliphatic rings. The van der Waals surface area contributed by atoms with Crippen LogP contribution in [0.3, 0.4) is 0 Å². The SMILES string of the molecule is O=[N+]([O-])c1cccc(/C=N/n2c(-c3ccccc3)n[nH]c2=S)c1. The summed E-state index contributed by atoms with van der Waals surface area (Å²) in [5, 5.41) is 22.0. The summed E-state index contributed by atoms with van der Waals surface area (Å²) in [4.78, 5) is 10.4. The lowest BCUT2D eigenvalue weighted by molar-refractivity contribution is -0.384. The molecule has 0 aliphatic carbocycles. The molecule has 2 aromatic carbocycles. The maximum atomic E-state index is 10.8. The summed E-state index contributed by atoms with van der Waals surface area (Å²) in [6.07, 6.45) is 1.50. The lowest BCUT2D eigenvalue weighted by Crippen LogP contribution is -1.95. The maximum Gasteiger partial charge on any atom is 0.270 e. The fraction of sp³-hybridized carbons (Fsp3) is 0. The van der Waals surface area contributed by atoms with E-state index in [1.54, 1.807) is 12.1 Å². The van der Waals surface area contributed by atoms with Gasteiger partial charge in [0.2, 0.25) is 4.77 Å². The minimum atomic E-state index is -0.448. The number of aromatic amines is 1. The molecule has 114 valence electrons. The van der Waals surface area contributed by atoms with Crippen LogP contribution in [0.25, 0.3) is 11.4 Å². The van der Waals surface area contributed by atoms with Crippen LogP contribution in [0.1, 0.15) is 5.56 Å². The molecule has 1 aromatic heterocycles. The zero-order valence-corrected chi connectivity index (χ0v) is 12.6. The van der Waals surface area contributed by atoms with Crippen molar-refractivity contribution in [3.8, 4) is 11.4 Å². The highest BCUT2D eigenvalue weighted by atomic mass is 32.1. The van der Waals surface area contributed by atoms with Crippen molar-refractivity contribution in [3.05, 3.63) is 75.0 Å². The number of nitrogens with one attached hydrogen (secondary N) is 1. The zero-order valence-electron chi connectivity index (χ0n) is 11.8. The molecule has 0 unspecified atom stereocenters. The molecular weight excluding hydrogens is 314 g/mol. The van der Waals surface area contributed by atoms with Crippen LogP contribution in [0.4, 0.5) is 5.69 Å². The van der Waals surface area contributed by atoms with Gasteiger partial charge >= 0.3 is 0 Å². The van der Waals surface area contributed by atoms with Crippen LogP contribution >= 0.6 is 12.2 Å². The molecule has 0 spiro atoms. The average Bonchev–Trinajstić information content (AvgIpc) is 2.95. The van der Waals surface area contributed by atoms with Crippen LogP contribution in [-0.2, 0) is 0 Å². The van der Waals surface area contributed by atoms with Gasteiger partial charge in [-0.05, 0) is 12.2 Å². The zero-order chi connectivity index (χ0) is 16.2. The molecule has 8 heteroatoms. The van der Waals surface area contributed by atoms with Crippen molar-refractivity contribution in [1.29, 1.82) is 0 Å². The Morgan fingerprint density at radius 2 is 2.00 bits per heavy atom. The van der Waals surface area contributed by atoms with Gasteiger partial charge in [0.1, 0.15) is 0 Å². The summed E-state index contributed by atoms with van der Waals surface area (Å²) >= 11 is 5.18. The molecule has 0 radical (unpaired) electrons. The molecule has 3 aromatic rings. The molecule has 23 heavy (non-hydrogen) atoms. The summed E-state index contributed by atoms with van der Waals surface area (Å²) in [6, 6.07) is 15.7. The van der Waals surface area contributed by atoms with Crippen LogP contribution in [0.2, 0.25) is 0 Å². The van der Waals surface area contributed by atoms with Gasteiger partial charge in [-0.25, -0.2) is 5.10 Å². The Morgan fingerprint density at radius 3 is 2.74 bits per heavy atom. The molecule has 0 bridgehead atoms. The molecular formula is C15H11N5O2S. The van der Waals surface area contributed by atoms with E-state index < -0.39 is 4.92 Å². The first-order chi connectivity index (χ1) is 11.1. The fourth-order valence-corrected chi connectivity index (χ4v) is 2.20. The molecule has 3 rings (SSSR count). The number of nitro groups is 1. The molecule has 7 nitrogen and oxygen atoms in total. The third-order valence-corrected chi connectivity index (χ3v) is 3.35. The molecule has 0 aliphatic heterocycles. The van der Waals surface area contributed by atoms with Crippen LogP contribution in [0.15, 0.2) is 59.7 Å². The number of aromatic nitrogens is 3. The number of rotatable bonds is 4. The summed E-state index contributed by atoms with van der Waals surface area (Å²) in [7, 11) is 0. The van der Waals surface area contributed by atoms with Crippen LogP contribution in [0, 0.1) is 14.9 Å². The van der Waals surface area contributed by atoms with Crippen LogP contribution < -0.4 is 0 Å². The van der Waals surface area contributed by atoms with Crippen molar-refractivity contribution in [2.75, 3.05) is 0 Å². The predicted octanol–water partition coefficient (Wildman–Crippen LogP) is 3.40. The van der Waals surface area contributed by atoms with Gasteiger partial charge in [0.15, 0.2) is 5.82 Å². The number of non-ortho nitro benzene ring substituents is 1. The van der Waals surface area contributed by atoms with Gasteiger partial charge in [0, 0.05) is 23.3 Å². The summed E-state index contributed by atoms with van der Waals surface area (Å²) in [5.41, 5.74) is 1.46. The Morgan fingerprint density at radius 1 is 1.22 bits per heavy atom. The predicted molar refractivity (Wildman–Crippen MR) is 88.9 cm³/mol. The Labute approximate surface area is 136 Å². The van der Waals surface area contributed by atoms with Gasteiger partial charge < -0.3 is 0 Å². The molecule has 0 fully saturated rings.